The minimum Gasteiger partial charge on any atom is -0.493 e. The second-order valence-corrected chi connectivity index (χ2v) is 8.45. The van der Waals surface area contributed by atoms with Gasteiger partial charge in [0.2, 0.25) is 0 Å². The van der Waals surface area contributed by atoms with Gasteiger partial charge in [0.1, 0.15) is 0 Å². The van der Waals surface area contributed by atoms with Crippen LogP contribution in [0.4, 0.5) is 11.4 Å². The van der Waals surface area contributed by atoms with E-state index in [0.717, 1.165) is 23.4 Å². The van der Waals surface area contributed by atoms with E-state index >= 15 is 0 Å². The van der Waals surface area contributed by atoms with Crippen molar-refractivity contribution in [3.63, 3.8) is 0 Å². The highest BCUT2D eigenvalue weighted by molar-refractivity contribution is 6.07. The Balaban J connectivity index is 1.70. The molecule has 166 valence electrons. The summed E-state index contributed by atoms with van der Waals surface area (Å²) < 4.78 is 10.7. The minimum absolute atomic E-state index is 0.0220. The van der Waals surface area contributed by atoms with Gasteiger partial charge in [-0.1, -0.05) is 35.4 Å². The predicted molar refractivity (Wildman–Crippen MR) is 129 cm³/mol. The summed E-state index contributed by atoms with van der Waals surface area (Å²) in [4.78, 5) is 15.5. The summed E-state index contributed by atoms with van der Waals surface area (Å²) in [6, 6.07) is 20.2. The number of methoxy groups -OCH3 is 2. The molecule has 0 saturated carbocycles. The van der Waals surface area contributed by atoms with Gasteiger partial charge >= 0.3 is 0 Å². The van der Waals surface area contributed by atoms with E-state index < -0.39 is 0 Å². The normalized spacial score (nSPS) is 17.5. The van der Waals surface area contributed by atoms with Gasteiger partial charge in [-0.05, 0) is 69.2 Å². The number of carbonyl (C=O) groups excluding carboxylic acids is 1. The van der Waals surface area contributed by atoms with Crippen LogP contribution in [0.1, 0.15) is 46.4 Å². The molecule has 0 aliphatic carbocycles. The molecule has 0 aromatic heterocycles. The summed E-state index contributed by atoms with van der Waals surface area (Å²) in [7, 11) is 3.17. The molecule has 4 rings (SSSR count). The first kappa shape index (κ1) is 21.8. The van der Waals surface area contributed by atoms with E-state index in [0.29, 0.717) is 17.1 Å². The van der Waals surface area contributed by atoms with Gasteiger partial charge in [-0.25, -0.2) is 0 Å². The largest absolute Gasteiger partial charge is 0.493 e. The van der Waals surface area contributed by atoms with Crippen LogP contribution in [0.15, 0.2) is 60.7 Å². The molecule has 0 bridgehead atoms. The van der Waals surface area contributed by atoms with E-state index in [2.05, 4.69) is 68.6 Å². The summed E-state index contributed by atoms with van der Waals surface area (Å²) in [6.07, 6.45) is 0.809. The Morgan fingerprint density at radius 2 is 1.59 bits per heavy atom. The third-order valence-corrected chi connectivity index (χ3v) is 6.08. The average molecular weight is 431 g/mol. The van der Waals surface area contributed by atoms with E-state index in [1.54, 1.807) is 32.4 Å². The van der Waals surface area contributed by atoms with Gasteiger partial charge in [-0.3, -0.25) is 4.79 Å². The molecule has 0 radical (unpaired) electrons. The predicted octanol–water partition coefficient (Wildman–Crippen LogP) is 5.91. The zero-order chi connectivity index (χ0) is 22.8. The molecule has 3 aromatic rings. The Morgan fingerprint density at radius 1 is 0.906 bits per heavy atom. The van der Waals surface area contributed by atoms with Crippen LogP contribution in [-0.2, 0) is 0 Å². The summed E-state index contributed by atoms with van der Waals surface area (Å²) in [5, 5.41) is 3.68. The first-order chi connectivity index (χ1) is 15.4. The third kappa shape index (κ3) is 4.15. The van der Waals surface area contributed by atoms with Crippen LogP contribution in [-0.4, -0.2) is 26.2 Å². The number of nitrogens with one attached hydrogen (secondary N) is 1. The summed E-state index contributed by atoms with van der Waals surface area (Å²) >= 11 is 0. The van der Waals surface area contributed by atoms with E-state index in [-0.39, 0.29) is 18.0 Å². The Hall–Kier alpha value is -3.47. The van der Waals surface area contributed by atoms with Gasteiger partial charge in [0, 0.05) is 23.0 Å². The number of benzene rings is 3. The van der Waals surface area contributed by atoms with Crippen molar-refractivity contribution in [1.29, 1.82) is 0 Å². The lowest BCUT2D eigenvalue weighted by Gasteiger charge is -2.40. The SMILES string of the molecule is COc1ccc(C(=O)N2c3ccc(C)cc3[C@@H](Nc3ccc(C)cc3)C[C@@H]2C)cc1OC. The molecule has 0 fully saturated rings. The maximum atomic E-state index is 13.6. The van der Waals surface area contributed by atoms with Crippen LogP contribution in [0.5, 0.6) is 11.5 Å². The van der Waals surface area contributed by atoms with Crippen molar-refractivity contribution >= 4 is 17.3 Å². The van der Waals surface area contributed by atoms with Gasteiger partial charge in [-0.2, -0.15) is 0 Å². The van der Waals surface area contributed by atoms with Crippen molar-refractivity contribution in [3.05, 3.63) is 82.9 Å². The lowest BCUT2D eigenvalue weighted by atomic mass is 9.89. The van der Waals surface area contributed by atoms with Crippen LogP contribution < -0.4 is 19.7 Å². The summed E-state index contributed by atoms with van der Waals surface area (Å²) in [6.45, 7) is 6.27. The van der Waals surface area contributed by atoms with Crippen LogP contribution in [0.2, 0.25) is 0 Å². The Morgan fingerprint density at radius 3 is 2.28 bits per heavy atom. The first-order valence-corrected chi connectivity index (χ1v) is 10.9. The number of amides is 1. The first-order valence-electron chi connectivity index (χ1n) is 10.9. The number of ether oxygens (including phenoxy) is 2. The zero-order valence-corrected chi connectivity index (χ0v) is 19.3. The molecule has 32 heavy (non-hydrogen) atoms. The van der Waals surface area contributed by atoms with Crippen LogP contribution in [0, 0.1) is 13.8 Å². The lowest BCUT2D eigenvalue weighted by molar-refractivity contribution is 0.0973. The molecule has 0 saturated heterocycles. The molecule has 1 amide bonds. The van der Waals surface area contributed by atoms with Crippen molar-refractivity contribution in [1.82, 2.24) is 0 Å². The number of aryl methyl sites for hydroxylation is 2. The van der Waals surface area contributed by atoms with E-state index in [1.807, 2.05) is 4.90 Å². The van der Waals surface area contributed by atoms with Gasteiger partial charge in [0.15, 0.2) is 11.5 Å². The van der Waals surface area contributed by atoms with Gasteiger partial charge in [0.25, 0.3) is 5.91 Å². The fourth-order valence-electron chi connectivity index (χ4n) is 4.39. The molecule has 1 aliphatic rings. The van der Waals surface area contributed by atoms with E-state index in [9.17, 15) is 4.79 Å². The smallest absolute Gasteiger partial charge is 0.258 e. The quantitative estimate of drug-likeness (QED) is 0.546. The molecule has 5 heteroatoms. The summed E-state index contributed by atoms with van der Waals surface area (Å²) in [5.74, 6) is 1.11. The number of nitrogens with zero attached hydrogens (tertiary/aromatic N) is 1. The molecule has 2 atom stereocenters. The molecular weight excluding hydrogens is 400 g/mol. The van der Waals surface area contributed by atoms with E-state index in [1.165, 1.54) is 11.1 Å². The van der Waals surface area contributed by atoms with Crippen molar-refractivity contribution in [2.45, 2.75) is 39.3 Å². The standard InChI is InChI=1S/C27H30N2O3/c1-17-6-10-21(11-7-17)28-23-15-19(3)29(24-12-8-18(2)14-22(23)24)27(30)20-9-13-25(31-4)26(16-20)32-5/h6-14,16,19,23,28H,15H2,1-5H3/t19-,23-/m0/s1. The molecule has 1 heterocycles. The number of rotatable bonds is 5. The molecule has 1 aliphatic heterocycles. The Bertz CT molecular complexity index is 1120. The Kier molecular flexibility index (Phi) is 6.08. The monoisotopic (exact) mass is 430 g/mol. The highest BCUT2D eigenvalue weighted by atomic mass is 16.5. The van der Waals surface area contributed by atoms with Crippen molar-refractivity contribution < 1.29 is 14.3 Å². The van der Waals surface area contributed by atoms with E-state index in [4.69, 9.17) is 9.47 Å². The number of anilines is 2. The fourth-order valence-corrected chi connectivity index (χ4v) is 4.39. The highest BCUT2D eigenvalue weighted by Crippen LogP contribution is 2.40. The molecule has 0 spiro atoms. The number of hydrogen-bond acceptors (Lipinski definition) is 4. The van der Waals surface area contributed by atoms with Crippen LogP contribution in [0.3, 0.4) is 0 Å². The highest BCUT2D eigenvalue weighted by Gasteiger charge is 2.34. The van der Waals surface area contributed by atoms with Gasteiger partial charge in [0.05, 0.1) is 20.3 Å². The molecular formula is C27H30N2O3. The average Bonchev–Trinajstić information content (AvgIpc) is 2.80. The van der Waals surface area contributed by atoms with Crippen molar-refractivity contribution in [2.24, 2.45) is 0 Å². The molecule has 1 N–H and O–H groups in total. The lowest BCUT2D eigenvalue weighted by Crippen LogP contribution is -2.44. The molecule has 0 unspecified atom stereocenters. The topological polar surface area (TPSA) is 50.8 Å². The maximum absolute atomic E-state index is 13.6. The van der Waals surface area contributed by atoms with Crippen molar-refractivity contribution in [3.8, 4) is 11.5 Å². The number of fused-ring (bicyclic) bond motifs is 1. The second kappa shape index (κ2) is 8.95. The number of hydrogen-bond donors (Lipinski definition) is 1. The summed E-state index contributed by atoms with van der Waals surface area (Å²) in [5.41, 5.74) is 6.14. The Labute approximate surface area is 190 Å². The van der Waals surface area contributed by atoms with Crippen molar-refractivity contribution in [2.75, 3.05) is 24.4 Å². The fraction of sp³-hybridized carbons (Fsp3) is 0.296. The van der Waals surface area contributed by atoms with Crippen LogP contribution in [0.25, 0.3) is 0 Å². The third-order valence-electron chi connectivity index (χ3n) is 6.08. The number of carbonyl (C=O) groups is 1. The zero-order valence-electron chi connectivity index (χ0n) is 19.3. The van der Waals surface area contributed by atoms with Crippen LogP contribution >= 0.6 is 0 Å². The van der Waals surface area contributed by atoms with Gasteiger partial charge < -0.3 is 19.7 Å². The minimum atomic E-state index is -0.0441. The second-order valence-electron chi connectivity index (χ2n) is 8.45. The molecule has 5 nitrogen and oxygen atoms in total. The maximum Gasteiger partial charge on any atom is 0.258 e. The molecule has 3 aromatic carbocycles. The van der Waals surface area contributed by atoms with Gasteiger partial charge in [-0.15, -0.1) is 0 Å².